The second-order valence-electron chi connectivity index (χ2n) is 5.62. The predicted octanol–water partition coefficient (Wildman–Crippen LogP) is 4.72. The van der Waals surface area contributed by atoms with E-state index in [-0.39, 0.29) is 0 Å². The predicted molar refractivity (Wildman–Crippen MR) is 75.7 cm³/mol. The summed E-state index contributed by atoms with van der Waals surface area (Å²) in [5, 5.41) is 0. The monoisotopic (exact) mass is 244 g/mol. The van der Waals surface area contributed by atoms with E-state index in [1.165, 1.54) is 31.2 Å². The third-order valence-electron chi connectivity index (χ3n) is 4.16. The molecule has 1 aromatic rings. The average Bonchev–Trinajstić information content (AvgIpc) is 2.41. The lowest BCUT2D eigenvalue weighted by molar-refractivity contribution is -0.120. The Morgan fingerprint density at radius 2 is 1.78 bits per heavy atom. The zero-order chi connectivity index (χ0) is 12.8. The molecule has 18 heavy (non-hydrogen) atoms. The minimum absolute atomic E-state index is 0.473. The van der Waals surface area contributed by atoms with Gasteiger partial charge < -0.3 is 0 Å². The third-order valence-corrected chi connectivity index (χ3v) is 4.16. The number of benzene rings is 1. The summed E-state index contributed by atoms with van der Waals surface area (Å²) in [6.45, 7) is 2.09. The first-order chi connectivity index (χ1) is 8.79. The van der Waals surface area contributed by atoms with Crippen molar-refractivity contribution in [2.24, 2.45) is 5.92 Å². The highest BCUT2D eigenvalue weighted by Crippen LogP contribution is 2.37. The van der Waals surface area contributed by atoms with Crippen LogP contribution >= 0.6 is 0 Å². The van der Waals surface area contributed by atoms with Crippen LogP contribution < -0.4 is 0 Å². The molecule has 1 aliphatic rings. The van der Waals surface area contributed by atoms with E-state index < -0.39 is 0 Å². The molecule has 0 aromatic heterocycles. The molecule has 0 unspecified atom stereocenters. The van der Waals surface area contributed by atoms with Crippen LogP contribution in [-0.4, -0.2) is 5.78 Å². The third kappa shape index (κ3) is 3.69. The molecule has 0 saturated heterocycles. The fourth-order valence-electron chi connectivity index (χ4n) is 3.13. The van der Waals surface area contributed by atoms with Crippen LogP contribution in [0.4, 0.5) is 0 Å². The first-order valence-corrected chi connectivity index (χ1v) is 7.36. The van der Waals surface area contributed by atoms with Crippen molar-refractivity contribution in [2.45, 2.75) is 57.8 Å². The van der Waals surface area contributed by atoms with Gasteiger partial charge in [0.2, 0.25) is 0 Å². The molecule has 1 aliphatic carbocycles. The molecule has 0 spiro atoms. The number of ketones is 1. The fraction of sp³-hybridized carbons (Fsp3) is 0.588. The van der Waals surface area contributed by atoms with Crippen LogP contribution in [0.25, 0.3) is 0 Å². The van der Waals surface area contributed by atoms with Gasteiger partial charge in [-0.15, -0.1) is 0 Å². The molecular weight excluding hydrogens is 220 g/mol. The van der Waals surface area contributed by atoms with E-state index in [4.69, 9.17) is 0 Å². The zero-order valence-electron chi connectivity index (χ0n) is 11.4. The Labute approximate surface area is 111 Å². The SMILES string of the molecule is CCCC(=O)CC1CCC(c2ccccc2)CC1. The van der Waals surface area contributed by atoms with Gasteiger partial charge in [-0.25, -0.2) is 0 Å². The number of hydrogen-bond donors (Lipinski definition) is 0. The van der Waals surface area contributed by atoms with Gasteiger partial charge in [0.1, 0.15) is 5.78 Å². The van der Waals surface area contributed by atoms with Crippen molar-refractivity contribution in [3.63, 3.8) is 0 Å². The quantitative estimate of drug-likeness (QED) is 0.732. The van der Waals surface area contributed by atoms with Gasteiger partial charge in [0.25, 0.3) is 0 Å². The van der Waals surface area contributed by atoms with Crippen molar-refractivity contribution in [1.29, 1.82) is 0 Å². The Hall–Kier alpha value is -1.11. The molecular formula is C17H24O. The lowest BCUT2D eigenvalue weighted by Gasteiger charge is -2.28. The largest absolute Gasteiger partial charge is 0.300 e. The first-order valence-electron chi connectivity index (χ1n) is 7.36. The van der Waals surface area contributed by atoms with E-state index in [0.717, 1.165) is 25.2 Å². The summed E-state index contributed by atoms with van der Waals surface area (Å²) in [4.78, 5) is 11.7. The van der Waals surface area contributed by atoms with Crippen molar-refractivity contribution in [3.8, 4) is 0 Å². The average molecular weight is 244 g/mol. The van der Waals surface area contributed by atoms with E-state index in [1.807, 2.05) is 0 Å². The van der Waals surface area contributed by atoms with Crippen LogP contribution in [-0.2, 0) is 4.79 Å². The summed E-state index contributed by atoms with van der Waals surface area (Å²) < 4.78 is 0. The second-order valence-corrected chi connectivity index (χ2v) is 5.62. The van der Waals surface area contributed by atoms with E-state index >= 15 is 0 Å². The number of Topliss-reactive ketones (excluding diaryl/α,β-unsaturated/α-hetero) is 1. The fourth-order valence-corrected chi connectivity index (χ4v) is 3.13. The molecule has 0 N–H and O–H groups in total. The maximum Gasteiger partial charge on any atom is 0.133 e. The molecule has 1 nitrogen and oxygen atoms in total. The molecule has 0 radical (unpaired) electrons. The molecule has 98 valence electrons. The van der Waals surface area contributed by atoms with Crippen LogP contribution in [0.5, 0.6) is 0 Å². The summed E-state index contributed by atoms with van der Waals surface area (Å²) in [5.41, 5.74) is 1.48. The van der Waals surface area contributed by atoms with Gasteiger partial charge in [-0.05, 0) is 49.5 Å². The molecule has 0 heterocycles. The summed E-state index contributed by atoms with van der Waals surface area (Å²) >= 11 is 0. The van der Waals surface area contributed by atoms with Crippen LogP contribution in [0.1, 0.15) is 63.4 Å². The van der Waals surface area contributed by atoms with Crippen molar-refractivity contribution >= 4 is 5.78 Å². The molecule has 0 aliphatic heterocycles. The first kappa shape index (κ1) is 13.3. The van der Waals surface area contributed by atoms with E-state index in [0.29, 0.717) is 11.7 Å². The van der Waals surface area contributed by atoms with Gasteiger partial charge in [-0.2, -0.15) is 0 Å². The van der Waals surface area contributed by atoms with Gasteiger partial charge in [-0.3, -0.25) is 4.79 Å². The Bertz CT molecular complexity index is 360. The van der Waals surface area contributed by atoms with Crippen LogP contribution in [0.2, 0.25) is 0 Å². The van der Waals surface area contributed by atoms with Gasteiger partial charge >= 0.3 is 0 Å². The molecule has 2 rings (SSSR count). The maximum absolute atomic E-state index is 11.7. The Balaban J connectivity index is 1.80. The molecule has 1 aromatic carbocycles. The van der Waals surface area contributed by atoms with Crippen LogP contribution in [0, 0.1) is 5.92 Å². The van der Waals surface area contributed by atoms with Crippen molar-refractivity contribution < 1.29 is 4.79 Å². The normalized spacial score (nSPS) is 23.8. The lowest BCUT2D eigenvalue weighted by atomic mass is 9.77. The van der Waals surface area contributed by atoms with Crippen molar-refractivity contribution in [1.82, 2.24) is 0 Å². The zero-order valence-corrected chi connectivity index (χ0v) is 11.4. The highest BCUT2D eigenvalue weighted by Gasteiger charge is 2.23. The molecule has 1 saturated carbocycles. The van der Waals surface area contributed by atoms with Crippen LogP contribution in [0.3, 0.4) is 0 Å². The number of carbonyl (C=O) groups is 1. The molecule has 0 atom stereocenters. The Morgan fingerprint density at radius 3 is 2.39 bits per heavy atom. The molecule has 0 bridgehead atoms. The van der Waals surface area contributed by atoms with E-state index in [9.17, 15) is 4.79 Å². The van der Waals surface area contributed by atoms with Gasteiger partial charge in [-0.1, -0.05) is 37.3 Å². The van der Waals surface area contributed by atoms with Crippen molar-refractivity contribution in [2.75, 3.05) is 0 Å². The van der Waals surface area contributed by atoms with Crippen molar-refractivity contribution in [3.05, 3.63) is 35.9 Å². The Kier molecular flexibility index (Phi) is 4.98. The summed E-state index contributed by atoms with van der Waals surface area (Å²) in [5.74, 6) is 1.86. The summed E-state index contributed by atoms with van der Waals surface area (Å²) in [6.07, 6.45) is 7.58. The van der Waals surface area contributed by atoms with Crippen LogP contribution in [0.15, 0.2) is 30.3 Å². The minimum Gasteiger partial charge on any atom is -0.300 e. The number of hydrogen-bond acceptors (Lipinski definition) is 1. The molecule has 1 fully saturated rings. The standard InChI is InChI=1S/C17H24O/c1-2-6-17(18)13-14-9-11-16(12-10-14)15-7-4-3-5-8-15/h3-5,7-8,14,16H,2,6,9-13H2,1H3. The topological polar surface area (TPSA) is 17.1 Å². The smallest absolute Gasteiger partial charge is 0.133 e. The highest BCUT2D eigenvalue weighted by atomic mass is 16.1. The lowest BCUT2D eigenvalue weighted by Crippen LogP contribution is -2.16. The van der Waals surface area contributed by atoms with E-state index in [2.05, 4.69) is 37.3 Å². The molecule has 0 amide bonds. The number of rotatable bonds is 5. The maximum atomic E-state index is 11.7. The number of carbonyl (C=O) groups excluding carboxylic acids is 1. The summed E-state index contributed by atoms with van der Waals surface area (Å²) in [6, 6.07) is 10.8. The van der Waals surface area contributed by atoms with Gasteiger partial charge in [0, 0.05) is 12.8 Å². The van der Waals surface area contributed by atoms with Gasteiger partial charge in [0.15, 0.2) is 0 Å². The summed E-state index contributed by atoms with van der Waals surface area (Å²) in [7, 11) is 0. The second kappa shape index (κ2) is 6.72. The highest BCUT2D eigenvalue weighted by molar-refractivity contribution is 5.78. The van der Waals surface area contributed by atoms with E-state index in [1.54, 1.807) is 0 Å². The minimum atomic E-state index is 0.473. The molecule has 1 heteroatoms. The van der Waals surface area contributed by atoms with Gasteiger partial charge in [0.05, 0.1) is 0 Å². The Morgan fingerprint density at radius 1 is 1.11 bits per heavy atom.